The number of nitrogens with zero attached hydrogens (tertiary/aromatic N) is 3. The molecule has 0 bridgehead atoms. The fraction of sp³-hybridized carbons (Fsp3) is 0.105. The Labute approximate surface area is 194 Å². The Kier molecular flexibility index (Phi) is 8.98. The Morgan fingerprint density at radius 1 is 0.933 bits per heavy atom. The Balaban J connectivity index is 0.00000320. The van der Waals surface area contributed by atoms with Crippen molar-refractivity contribution in [2.45, 2.75) is 18.0 Å². The van der Waals surface area contributed by atoms with Crippen molar-refractivity contribution in [3.8, 4) is 0 Å². The molecule has 2 aromatic heterocycles. The number of hydrogen-bond acceptors (Lipinski definition) is 6. The minimum atomic E-state index is -3.73. The molecule has 0 amide bonds. The summed E-state index contributed by atoms with van der Waals surface area (Å²) in [5.41, 5.74) is 5.51. The Hall–Kier alpha value is -2.26. The van der Waals surface area contributed by atoms with Crippen LogP contribution in [0.4, 0.5) is 5.69 Å². The standard InChI is InChI=1S/C19H20N6O2S2.Re/c20-29(26,27)18-9-7-15(8-10-18)23-19(28)24-25(13-16-5-1-3-11-21-16)14-17-6-2-4-12-22-17;/h1-12H,13-14H2,(H2,20,26,27)(H2,23,24,28);. The minimum Gasteiger partial charge on any atom is -0.332 e. The number of primary sulfonamides is 1. The van der Waals surface area contributed by atoms with E-state index >= 15 is 0 Å². The van der Waals surface area contributed by atoms with Gasteiger partial charge in [-0.15, -0.1) is 0 Å². The first-order valence-electron chi connectivity index (χ1n) is 8.65. The molecule has 0 aliphatic carbocycles. The predicted molar refractivity (Wildman–Crippen MR) is 115 cm³/mol. The topological polar surface area (TPSA) is 113 Å². The molecule has 4 N–H and O–H groups in total. The van der Waals surface area contributed by atoms with Crippen molar-refractivity contribution >= 4 is 33.0 Å². The van der Waals surface area contributed by atoms with Gasteiger partial charge in [0.05, 0.1) is 29.4 Å². The predicted octanol–water partition coefficient (Wildman–Crippen LogP) is 2.03. The van der Waals surface area contributed by atoms with E-state index in [0.29, 0.717) is 23.9 Å². The molecule has 30 heavy (non-hydrogen) atoms. The van der Waals surface area contributed by atoms with Crippen LogP contribution >= 0.6 is 12.2 Å². The smallest absolute Gasteiger partial charge is 0.238 e. The van der Waals surface area contributed by atoms with E-state index in [1.54, 1.807) is 24.5 Å². The third-order valence-corrected chi connectivity index (χ3v) is 4.98. The van der Waals surface area contributed by atoms with Crippen molar-refractivity contribution < 1.29 is 28.8 Å². The number of aromatic nitrogens is 2. The van der Waals surface area contributed by atoms with Crippen molar-refractivity contribution in [1.29, 1.82) is 0 Å². The molecule has 0 saturated heterocycles. The van der Waals surface area contributed by atoms with E-state index in [1.165, 1.54) is 12.1 Å². The van der Waals surface area contributed by atoms with E-state index in [2.05, 4.69) is 20.7 Å². The number of anilines is 1. The summed E-state index contributed by atoms with van der Waals surface area (Å²) in [7, 11) is -3.73. The number of benzene rings is 1. The first-order valence-corrected chi connectivity index (χ1v) is 10.6. The number of pyridine rings is 2. The zero-order valence-corrected chi connectivity index (χ0v) is 20.1. The second-order valence-corrected chi connectivity index (χ2v) is 8.10. The molecule has 0 saturated carbocycles. The van der Waals surface area contributed by atoms with Gasteiger partial charge in [0.2, 0.25) is 10.0 Å². The van der Waals surface area contributed by atoms with Crippen LogP contribution in [0.1, 0.15) is 11.4 Å². The molecule has 0 atom stereocenters. The summed E-state index contributed by atoms with van der Waals surface area (Å²) >= 11 is 5.40. The fourth-order valence-electron chi connectivity index (χ4n) is 2.54. The van der Waals surface area contributed by atoms with Gasteiger partial charge >= 0.3 is 0 Å². The van der Waals surface area contributed by atoms with Crippen LogP contribution in [0, 0.1) is 0 Å². The molecule has 0 unspecified atom stereocenters. The van der Waals surface area contributed by atoms with Crippen LogP contribution in [-0.4, -0.2) is 28.5 Å². The molecule has 3 aromatic rings. The average molecular weight is 615 g/mol. The zero-order chi connectivity index (χ0) is 20.7. The monoisotopic (exact) mass is 615 g/mol. The molecule has 8 nitrogen and oxygen atoms in total. The molecular weight excluding hydrogens is 595 g/mol. The fourth-order valence-corrected chi connectivity index (χ4v) is 3.30. The number of thiocarbonyl (C=S) groups is 1. The van der Waals surface area contributed by atoms with Crippen molar-refractivity contribution in [2.24, 2.45) is 5.14 Å². The summed E-state index contributed by atoms with van der Waals surface area (Å²) in [6.07, 6.45) is 3.47. The maximum absolute atomic E-state index is 11.4. The molecule has 157 valence electrons. The van der Waals surface area contributed by atoms with Gasteiger partial charge in [-0.1, -0.05) is 12.1 Å². The second-order valence-electron chi connectivity index (χ2n) is 6.13. The van der Waals surface area contributed by atoms with E-state index in [9.17, 15) is 8.42 Å². The molecule has 0 spiro atoms. The third kappa shape index (κ3) is 7.53. The number of nitrogens with two attached hydrogens (primary N) is 1. The summed E-state index contributed by atoms with van der Waals surface area (Å²) in [5.74, 6) is 0. The molecule has 2 heterocycles. The summed E-state index contributed by atoms with van der Waals surface area (Å²) in [5, 5.41) is 10.4. The van der Waals surface area contributed by atoms with Gasteiger partial charge in [-0.2, -0.15) is 0 Å². The number of hydrogen-bond donors (Lipinski definition) is 3. The Morgan fingerprint density at radius 2 is 1.47 bits per heavy atom. The second kappa shape index (κ2) is 11.2. The molecule has 0 aliphatic heterocycles. The molecule has 11 heteroatoms. The van der Waals surface area contributed by atoms with Crippen molar-refractivity contribution in [3.05, 3.63) is 84.4 Å². The Bertz CT molecular complexity index is 1010. The average Bonchev–Trinajstić information content (AvgIpc) is 2.69. The van der Waals surface area contributed by atoms with Gasteiger partial charge in [0.15, 0.2) is 5.11 Å². The van der Waals surface area contributed by atoms with Crippen molar-refractivity contribution in [2.75, 3.05) is 5.32 Å². The largest absolute Gasteiger partial charge is 0.332 e. The zero-order valence-electron chi connectivity index (χ0n) is 15.8. The van der Waals surface area contributed by atoms with Crippen LogP contribution in [0.25, 0.3) is 0 Å². The van der Waals surface area contributed by atoms with E-state index < -0.39 is 10.0 Å². The van der Waals surface area contributed by atoms with E-state index in [0.717, 1.165) is 11.4 Å². The summed E-state index contributed by atoms with van der Waals surface area (Å²) in [4.78, 5) is 8.74. The number of nitrogens with one attached hydrogen (secondary N) is 2. The van der Waals surface area contributed by atoms with Crippen LogP contribution in [0.5, 0.6) is 0 Å². The minimum absolute atomic E-state index is 0. The maximum Gasteiger partial charge on any atom is 0.238 e. The molecule has 0 aliphatic rings. The van der Waals surface area contributed by atoms with Crippen LogP contribution in [0.15, 0.2) is 78.0 Å². The number of hydrazine groups is 1. The van der Waals surface area contributed by atoms with Crippen LogP contribution in [-0.2, 0) is 43.5 Å². The summed E-state index contributed by atoms with van der Waals surface area (Å²) in [6, 6.07) is 17.4. The van der Waals surface area contributed by atoms with Gasteiger partial charge in [0.1, 0.15) is 0 Å². The summed E-state index contributed by atoms with van der Waals surface area (Å²) in [6.45, 7) is 1.01. The third-order valence-electron chi connectivity index (χ3n) is 3.86. The normalized spacial score (nSPS) is 10.9. The van der Waals surface area contributed by atoms with Crippen LogP contribution in [0.2, 0.25) is 0 Å². The molecular formula is C19H20N6O2ReS2. The number of rotatable bonds is 7. The van der Waals surface area contributed by atoms with Crippen LogP contribution < -0.4 is 15.9 Å². The first kappa shape index (κ1) is 24.0. The molecule has 0 fully saturated rings. The quantitative estimate of drug-likeness (QED) is 0.274. The van der Waals surface area contributed by atoms with E-state index in [1.807, 2.05) is 41.4 Å². The maximum atomic E-state index is 11.4. The van der Waals surface area contributed by atoms with Gasteiger partial charge in [-0.05, 0) is 60.7 Å². The van der Waals surface area contributed by atoms with E-state index in [4.69, 9.17) is 17.4 Å². The SMILES string of the molecule is NS(=O)(=O)c1ccc(NC(=S)NN(Cc2ccccn2)Cc2ccccn2)cc1.[Re]. The van der Waals surface area contributed by atoms with Gasteiger partial charge in [-0.3, -0.25) is 15.4 Å². The summed E-state index contributed by atoms with van der Waals surface area (Å²) < 4.78 is 22.7. The molecule has 3 rings (SSSR count). The van der Waals surface area contributed by atoms with Crippen molar-refractivity contribution in [3.63, 3.8) is 0 Å². The van der Waals surface area contributed by atoms with Crippen LogP contribution in [0.3, 0.4) is 0 Å². The van der Waals surface area contributed by atoms with Gasteiger partial charge in [0, 0.05) is 38.5 Å². The molecule has 1 radical (unpaired) electrons. The van der Waals surface area contributed by atoms with Gasteiger partial charge in [-0.25, -0.2) is 18.6 Å². The Morgan fingerprint density at radius 3 is 1.90 bits per heavy atom. The van der Waals surface area contributed by atoms with Crippen molar-refractivity contribution in [1.82, 2.24) is 20.4 Å². The first-order chi connectivity index (χ1) is 13.9. The number of sulfonamides is 1. The molecule has 1 aromatic carbocycles. The van der Waals surface area contributed by atoms with Gasteiger partial charge < -0.3 is 5.32 Å². The van der Waals surface area contributed by atoms with E-state index in [-0.39, 0.29) is 25.3 Å². The van der Waals surface area contributed by atoms with Gasteiger partial charge in [0.25, 0.3) is 0 Å².